The van der Waals surface area contributed by atoms with E-state index in [1.54, 1.807) is 6.07 Å². The highest BCUT2D eigenvalue weighted by Gasteiger charge is 2.17. The van der Waals surface area contributed by atoms with Crippen LogP contribution in [0.15, 0.2) is 18.2 Å². The standard InChI is InChI=1S/C13H16ClNO3/c1-7(2)8(3)12(16)15-9-4-5-11(14)10(6-9)13(17)18/h4-8H,1-3H3,(H,15,16)(H,17,18). The summed E-state index contributed by atoms with van der Waals surface area (Å²) in [5.41, 5.74) is 0.418. The van der Waals surface area contributed by atoms with E-state index in [0.29, 0.717) is 5.69 Å². The summed E-state index contributed by atoms with van der Waals surface area (Å²) in [5.74, 6) is -1.18. The van der Waals surface area contributed by atoms with Crippen LogP contribution in [0.4, 0.5) is 5.69 Å². The molecule has 1 amide bonds. The van der Waals surface area contributed by atoms with Gasteiger partial charge in [0.25, 0.3) is 0 Å². The zero-order valence-corrected chi connectivity index (χ0v) is 11.3. The number of carbonyl (C=O) groups excluding carboxylic acids is 1. The predicted molar refractivity (Wildman–Crippen MR) is 71.0 cm³/mol. The summed E-state index contributed by atoms with van der Waals surface area (Å²) in [6.07, 6.45) is 0. The number of benzene rings is 1. The molecule has 5 heteroatoms. The lowest BCUT2D eigenvalue weighted by Gasteiger charge is -2.15. The number of halogens is 1. The number of anilines is 1. The fourth-order valence-corrected chi connectivity index (χ4v) is 1.52. The summed E-state index contributed by atoms with van der Waals surface area (Å²) in [6, 6.07) is 4.40. The largest absolute Gasteiger partial charge is 0.478 e. The molecule has 0 bridgehead atoms. The molecule has 0 fully saturated rings. The van der Waals surface area contributed by atoms with Gasteiger partial charge >= 0.3 is 5.97 Å². The van der Waals surface area contributed by atoms with E-state index in [2.05, 4.69) is 5.32 Å². The minimum atomic E-state index is -1.12. The summed E-state index contributed by atoms with van der Waals surface area (Å²) >= 11 is 5.75. The molecule has 1 aromatic carbocycles. The topological polar surface area (TPSA) is 66.4 Å². The predicted octanol–water partition coefficient (Wildman–Crippen LogP) is 3.27. The highest BCUT2D eigenvalue weighted by molar-refractivity contribution is 6.33. The summed E-state index contributed by atoms with van der Waals surface area (Å²) in [5, 5.41) is 11.8. The molecule has 0 saturated heterocycles. The molecule has 0 aromatic heterocycles. The van der Waals surface area contributed by atoms with Gasteiger partial charge in [-0.15, -0.1) is 0 Å². The van der Waals surface area contributed by atoms with Gasteiger partial charge in [-0.3, -0.25) is 4.79 Å². The SMILES string of the molecule is CC(C)C(C)C(=O)Nc1ccc(Cl)c(C(=O)O)c1. The highest BCUT2D eigenvalue weighted by Crippen LogP contribution is 2.21. The molecule has 4 nitrogen and oxygen atoms in total. The second-order valence-corrected chi connectivity index (χ2v) is 4.93. The van der Waals surface area contributed by atoms with Crippen LogP contribution in [0.1, 0.15) is 31.1 Å². The number of carboxylic acids is 1. The Balaban J connectivity index is 2.89. The number of amides is 1. The lowest BCUT2D eigenvalue weighted by molar-refractivity contribution is -0.120. The third-order valence-corrected chi connectivity index (χ3v) is 3.21. The molecule has 1 unspecified atom stereocenters. The van der Waals surface area contributed by atoms with Gasteiger partial charge in [-0.1, -0.05) is 32.4 Å². The third-order valence-electron chi connectivity index (χ3n) is 2.88. The second kappa shape index (κ2) is 5.87. The smallest absolute Gasteiger partial charge is 0.337 e. The maximum atomic E-state index is 11.8. The van der Waals surface area contributed by atoms with Crippen LogP contribution in [0.5, 0.6) is 0 Å². The zero-order valence-electron chi connectivity index (χ0n) is 10.5. The van der Waals surface area contributed by atoms with Crippen LogP contribution < -0.4 is 5.32 Å². The maximum Gasteiger partial charge on any atom is 0.337 e. The van der Waals surface area contributed by atoms with E-state index < -0.39 is 5.97 Å². The Kier molecular flexibility index (Phi) is 4.73. The number of hydrogen-bond acceptors (Lipinski definition) is 2. The fourth-order valence-electron chi connectivity index (χ4n) is 1.33. The van der Waals surface area contributed by atoms with Crippen molar-refractivity contribution in [2.75, 3.05) is 5.32 Å². The Morgan fingerprint density at radius 3 is 2.39 bits per heavy atom. The Bertz CT molecular complexity index is 471. The van der Waals surface area contributed by atoms with Gasteiger partial charge in [0.05, 0.1) is 10.6 Å². The maximum absolute atomic E-state index is 11.8. The molecule has 18 heavy (non-hydrogen) atoms. The van der Waals surface area contributed by atoms with Gasteiger partial charge in [-0.05, 0) is 24.1 Å². The first-order chi connectivity index (χ1) is 8.32. The van der Waals surface area contributed by atoms with Crippen molar-refractivity contribution in [3.8, 4) is 0 Å². The Morgan fingerprint density at radius 1 is 1.28 bits per heavy atom. The Labute approximate surface area is 111 Å². The van der Waals surface area contributed by atoms with Crippen LogP contribution >= 0.6 is 11.6 Å². The van der Waals surface area contributed by atoms with Crippen LogP contribution in [-0.2, 0) is 4.79 Å². The molecule has 98 valence electrons. The quantitative estimate of drug-likeness (QED) is 0.882. The molecule has 0 aliphatic heterocycles. The summed E-state index contributed by atoms with van der Waals surface area (Å²) in [6.45, 7) is 5.73. The number of carboxylic acid groups (broad SMARTS) is 1. The Morgan fingerprint density at radius 2 is 1.89 bits per heavy atom. The lowest BCUT2D eigenvalue weighted by atomic mass is 9.97. The molecule has 1 aromatic rings. The van der Waals surface area contributed by atoms with Crippen LogP contribution in [0, 0.1) is 11.8 Å². The van der Waals surface area contributed by atoms with E-state index in [-0.39, 0.29) is 28.3 Å². The molecule has 1 atom stereocenters. The molecule has 0 spiro atoms. The third kappa shape index (κ3) is 3.47. The summed E-state index contributed by atoms with van der Waals surface area (Å²) in [7, 11) is 0. The van der Waals surface area contributed by atoms with Crippen molar-refractivity contribution in [1.82, 2.24) is 0 Å². The molecule has 0 aliphatic rings. The first-order valence-corrected chi connectivity index (χ1v) is 6.04. The number of aromatic carboxylic acids is 1. The lowest BCUT2D eigenvalue weighted by Crippen LogP contribution is -2.24. The summed E-state index contributed by atoms with van der Waals surface area (Å²) in [4.78, 5) is 22.7. The van der Waals surface area contributed by atoms with Gasteiger partial charge in [-0.25, -0.2) is 4.79 Å². The zero-order chi connectivity index (χ0) is 13.9. The van der Waals surface area contributed by atoms with Crippen molar-refractivity contribution < 1.29 is 14.7 Å². The van der Waals surface area contributed by atoms with Crippen molar-refractivity contribution in [2.24, 2.45) is 11.8 Å². The van der Waals surface area contributed by atoms with Gasteiger partial charge in [-0.2, -0.15) is 0 Å². The average Bonchev–Trinajstić information content (AvgIpc) is 2.29. The van der Waals surface area contributed by atoms with Crippen LogP contribution in [-0.4, -0.2) is 17.0 Å². The molecule has 0 aliphatic carbocycles. The van der Waals surface area contributed by atoms with Crippen molar-refractivity contribution in [3.63, 3.8) is 0 Å². The molecule has 2 N–H and O–H groups in total. The van der Waals surface area contributed by atoms with Gasteiger partial charge in [0.15, 0.2) is 0 Å². The molecular formula is C13H16ClNO3. The number of rotatable bonds is 4. The first-order valence-electron chi connectivity index (χ1n) is 5.66. The number of nitrogens with one attached hydrogen (secondary N) is 1. The van der Waals surface area contributed by atoms with Crippen molar-refractivity contribution in [2.45, 2.75) is 20.8 Å². The van der Waals surface area contributed by atoms with E-state index in [1.807, 2.05) is 20.8 Å². The number of hydrogen-bond donors (Lipinski definition) is 2. The van der Waals surface area contributed by atoms with Gasteiger partial charge in [0.2, 0.25) is 5.91 Å². The molecule has 0 saturated carbocycles. The van der Waals surface area contributed by atoms with Crippen LogP contribution in [0.3, 0.4) is 0 Å². The Hall–Kier alpha value is -1.55. The van der Waals surface area contributed by atoms with Crippen molar-refractivity contribution in [3.05, 3.63) is 28.8 Å². The average molecular weight is 270 g/mol. The monoisotopic (exact) mass is 269 g/mol. The van der Waals surface area contributed by atoms with Crippen LogP contribution in [0.2, 0.25) is 5.02 Å². The van der Waals surface area contributed by atoms with Gasteiger partial charge < -0.3 is 10.4 Å². The molecule has 0 radical (unpaired) electrons. The minimum Gasteiger partial charge on any atom is -0.478 e. The van der Waals surface area contributed by atoms with Gasteiger partial charge in [0.1, 0.15) is 0 Å². The van der Waals surface area contributed by atoms with E-state index in [0.717, 1.165) is 0 Å². The molecule has 0 heterocycles. The number of carbonyl (C=O) groups is 2. The van der Waals surface area contributed by atoms with Crippen molar-refractivity contribution >= 4 is 29.2 Å². The minimum absolute atomic E-state index is 0.0216. The van der Waals surface area contributed by atoms with Crippen molar-refractivity contribution in [1.29, 1.82) is 0 Å². The second-order valence-electron chi connectivity index (χ2n) is 4.52. The van der Waals surface area contributed by atoms with E-state index in [1.165, 1.54) is 12.1 Å². The van der Waals surface area contributed by atoms with E-state index in [4.69, 9.17) is 16.7 Å². The van der Waals surface area contributed by atoms with Gasteiger partial charge in [0, 0.05) is 11.6 Å². The highest BCUT2D eigenvalue weighted by atomic mass is 35.5. The normalized spacial score (nSPS) is 12.3. The van der Waals surface area contributed by atoms with Crippen LogP contribution in [0.25, 0.3) is 0 Å². The molecular weight excluding hydrogens is 254 g/mol. The summed E-state index contributed by atoms with van der Waals surface area (Å²) < 4.78 is 0. The van der Waals surface area contributed by atoms with E-state index in [9.17, 15) is 9.59 Å². The van der Waals surface area contributed by atoms with E-state index >= 15 is 0 Å². The molecule has 1 rings (SSSR count). The fraction of sp³-hybridized carbons (Fsp3) is 0.385. The first kappa shape index (κ1) is 14.5.